The van der Waals surface area contributed by atoms with Gasteiger partial charge in [-0.05, 0) is 32.1 Å². The van der Waals surface area contributed by atoms with Crippen LogP contribution in [0.1, 0.15) is 48.4 Å². The van der Waals surface area contributed by atoms with Gasteiger partial charge in [0.1, 0.15) is 0 Å². The molecule has 108 valence electrons. The van der Waals surface area contributed by atoms with Crippen molar-refractivity contribution in [2.75, 3.05) is 11.9 Å². The molecule has 0 fully saturated rings. The molecule has 1 amide bonds. The van der Waals surface area contributed by atoms with Gasteiger partial charge in [-0.25, -0.2) is 0 Å². The highest BCUT2D eigenvalue weighted by Crippen LogP contribution is 2.22. The Balaban J connectivity index is 2.65. The van der Waals surface area contributed by atoms with Gasteiger partial charge in [0.05, 0.1) is 11.3 Å². The van der Waals surface area contributed by atoms with Crippen molar-refractivity contribution in [1.29, 1.82) is 0 Å². The van der Waals surface area contributed by atoms with E-state index in [0.29, 0.717) is 12.1 Å². The molecule has 0 aliphatic carbocycles. The van der Waals surface area contributed by atoms with E-state index in [-0.39, 0.29) is 11.3 Å². The third kappa shape index (κ3) is 4.34. The van der Waals surface area contributed by atoms with Crippen molar-refractivity contribution >= 4 is 21.8 Å². The van der Waals surface area contributed by atoms with Crippen LogP contribution in [-0.4, -0.2) is 27.6 Å². The normalized spacial score (nSPS) is 11.7. The van der Waals surface area contributed by atoms with E-state index in [2.05, 4.69) is 40.2 Å². The topological polar surface area (TPSA) is 46.9 Å². The molecule has 1 rings (SSSR count). The van der Waals surface area contributed by atoms with Gasteiger partial charge in [-0.1, -0.05) is 29.8 Å². The molecule has 0 aromatic carbocycles. The average molecular weight is 330 g/mol. The van der Waals surface area contributed by atoms with Crippen LogP contribution in [-0.2, 0) is 7.05 Å². The van der Waals surface area contributed by atoms with Crippen molar-refractivity contribution in [3.05, 3.63) is 17.0 Å². The number of nitrogens with one attached hydrogen (secondary N) is 1. The lowest BCUT2D eigenvalue weighted by Crippen LogP contribution is -2.34. The zero-order valence-electron chi connectivity index (χ0n) is 12.5. The van der Waals surface area contributed by atoms with Gasteiger partial charge in [0, 0.05) is 24.6 Å². The van der Waals surface area contributed by atoms with E-state index < -0.39 is 0 Å². The monoisotopic (exact) mass is 329 g/mol. The van der Waals surface area contributed by atoms with Crippen molar-refractivity contribution in [1.82, 2.24) is 15.1 Å². The Kier molecular flexibility index (Phi) is 5.59. The van der Waals surface area contributed by atoms with Crippen molar-refractivity contribution in [2.24, 2.45) is 12.5 Å². The Bertz CT molecular complexity index is 452. The molecule has 1 aromatic heterocycles. The van der Waals surface area contributed by atoms with Crippen LogP contribution in [0.3, 0.4) is 0 Å². The first kappa shape index (κ1) is 16.2. The number of nitrogens with zero attached hydrogens (tertiary/aromatic N) is 2. The highest BCUT2D eigenvalue weighted by Gasteiger charge is 2.21. The van der Waals surface area contributed by atoms with Gasteiger partial charge in [-0.2, -0.15) is 5.10 Å². The van der Waals surface area contributed by atoms with E-state index >= 15 is 0 Å². The number of halogens is 1. The van der Waals surface area contributed by atoms with Crippen LogP contribution in [0.4, 0.5) is 0 Å². The molecular weight excluding hydrogens is 306 g/mol. The fourth-order valence-electron chi connectivity index (χ4n) is 2.14. The molecule has 0 saturated carbocycles. The first-order valence-corrected chi connectivity index (χ1v) is 7.75. The quantitative estimate of drug-likeness (QED) is 0.815. The largest absolute Gasteiger partial charge is 0.351 e. The van der Waals surface area contributed by atoms with Crippen molar-refractivity contribution in [3.63, 3.8) is 0 Å². The predicted octanol–water partition coefficient (Wildman–Crippen LogP) is 2.97. The maximum atomic E-state index is 12.2. The van der Waals surface area contributed by atoms with Crippen LogP contribution < -0.4 is 5.32 Å². The Morgan fingerprint density at radius 1 is 1.42 bits per heavy atom. The lowest BCUT2D eigenvalue weighted by atomic mass is 9.88. The summed E-state index contributed by atoms with van der Waals surface area (Å²) in [6.07, 6.45) is 2.21. The molecule has 19 heavy (non-hydrogen) atoms. The number of carbonyl (C=O) groups excluding carboxylic acids is 1. The summed E-state index contributed by atoms with van der Waals surface area (Å²) >= 11 is 3.44. The maximum absolute atomic E-state index is 12.2. The summed E-state index contributed by atoms with van der Waals surface area (Å²) < 4.78 is 1.75. The average Bonchev–Trinajstić information content (AvgIpc) is 2.58. The zero-order chi connectivity index (χ0) is 14.6. The minimum absolute atomic E-state index is 0.0185. The Morgan fingerprint density at radius 2 is 2.05 bits per heavy atom. The molecule has 0 saturated heterocycles. The summed E-state index contributed by atoms with van der Waals surface area (Å²) in [5.41, 5.74) is 2.52. The number of hydrogen-bond donors (Lipinski definition) is 1. The van der Waals surface area contributed by atoms with Gasteiger partial charge < -0.3 is 5.32 Å². The van der Waals surface area contributed by atoms with E-state index in [1.807, 2.05) is 20.9 Å². The van der Waals surface area contributed by atoms with Gasteiger partial charge in [0.2, 0.25) is 0 Å². The van der Waals surface area contributed by atoms with Crippen molar-refractivity contribution in [2.45, 2.75) is 40.5 Å². The Morgan fingerprint density at radius 3 is 2.53 bits per heavy atom. The number of hydrogen-bond acceptors (Lipinski definition) is 2. The molecule has 0 aliphatic rings. The van der Waals surface area contributed by atoms with Gasteiger partial charge in [-0.3, -0.25) is 9.48 Å². The van der Waals surface area contributed by atoms with Crippen LogP contribution in [0.25, 0.3) is 0 Å². The van der Waals surface area contributed by atoms with E-state index in [9.17, 15) is 4.79 Å². The fourth-order valence-corrected chi connectivity index (χ4v) is 2.42. The van der Waals surface area contributed by atoms with Crippen LogP contribution in [0, 0.1) is 19.3 Å². The van der Waals surface area contributed by atoms with Gasteiger partial charge in [0.25, 0.3) is 5.91 Å². The molecule has 0 atom stereocenters. The summed E-state index contributed by atoms with van der Waals surface area (Å²) in [7, 11) is 1.86. The van der Waals surface area contributed by atoms with E-state index in [4.69, 9.17) is 0 Å². The van der Waals surface area contributed by atoms with Gasteiger partial charge in [-0.15, -0.1) is 0 Å². The standard InChI is InChI=1S/C14H24BrN3O/c1-10-12(11(2)18(5)17-10)13(19)16-9-14(3,4)7-6-8-15/h6-9H2,1-5H3,(H,16,19). The summed E-state index contributed by atoms with van der Waals surface area (Å²) in [4.78, 5) is 12.2. The third-order valence-electron chi connectivity index (χ3n) is 3.45. The molecule has 0 aliphatic heterocycles. The molecule has 0 bridgehead atoms. The second-order valence-corrected chi connectivity index (χ2v) is 6.60. The van der Waals surface area contributed by atoms with Crippen LogP contribution in [0.5, 0.6) is 0 Å². The third-order valence-corrected chi connectivity index (χ3v) is 4.01. The van der Waals surface area contributed by atoms with Crippen LogP contribution in [0.15, 0.2) is 0 Å². The minimum Gasteiger partial charge on any atom is -0.351 e. The van der Waals surface area contributed by atoms with Gasteiger partial charge in [0.15, 0.2) is 0 Å². The smallest absolute Gasteiger partial charge is 0.255 e. The van der Waals surface area contributed by atoms with Crippen LogP contribution in [0.2, 0.25) is 0 Å². The molecule has 0 spiro atoms. The van der Waals surface area contributed by atoms with E-state index in [1.165, 1.54) is 0 Å². The highest BCUT2D eigenvalue weighted by atomic mass is 79.9. The first-order valence-electron chi connectivity index (χ1n) is 6.63. The second kappa shape index (κ2) is 6.55. The molecular formula is C14H24BrN3O. The lowest BCUT2D eigenvalue weighted by molar-refractivity contribution is 0.0933. The molecule has 4 nitrogen and oxygen atoms in total. The Hall–Kier alpha value is -0.840. The molecule has 1 N–H and O–H groups in total. The highest BCUT2D eigenvalue weighted by molar-refractivity contribution is 9.09. The lowest BCUT2D eigenvalue weighted by Gasteiger charge is -2.24. The SMILES string of the molecule is Cc1nn(C)c(C)c1C(=O)NCC(C)(C)CCCBr. The minimum atomic E-state index is -0.0185. The van der Waals surface area contributed by atoms with Crippen LogP contribution >= 0.6 is 15.9 Å². The predicted molar refractivity (Wildman–Crippen MR) is 81.8 cm³/mol. The number of alkyl halides is 1. The van der Waals surface area contributed by atoms with E-state index in [1.54, 1.807) is 4.68 Å². The first-order chi connectivity index (χ1) is 8.78. The van der Waals surface area contributed by atoms with Crippen molar-refractivity contribution in [3.8, 4) is 0 Å². The summed E-state index contributed by atoms with van der Waals surface area (Å²) in [6.45, 7) is 8.84. The number of aryl methyl sites for hydroxylation is 2. The summed E-state index contributed by atoms with van der Waals surface area (Å²) in [6, 6.07) is 0. The second-order valence-electron chi connectivity index (χ2n) is 5.81. The Labute approximate surface area is 124 Å². The van der Waals surface area contributed by atoms with Crippen molar-refractivity contribution < 1.29 is 4.79 Å². The number of rotatable bonds is 6. The summed E-state index contributed by atoms with van der Waals surface area (Å²) in [5, 5.41) is 8.32. The zero-order valence-corrected chi connectivity index (χ0v) is 14.1. The maximum Gasteiger partial charge on any atom is 0.255 e. The summed E-state index contributed by atoms with van der Waals surface area (Å²) in [5.74, 6) is -0.0185. The molecule has 0 radical (unpaired) electrons. The fraction of sp³-hybridized carbons (Fsp3) is 0.714. The van der Waals surface area contributed by atoms with E-state index in [0.717, 1.165) is 29.6 Å². The number of aromatic nitrogens is 2. The number of amides is 1. The molecule has 0 unspecified atom stereocenters. The molecule has 1 heterocycles. The van der Waals surface area contributed by atoms with Gasteiger partial charge >= 0.3 is 0 Å². The molecule has 1 aromatic rings. The molecule has 5 heteroatoms. The number of carbonyl (C=O) groups is 1.